The molecule has 3 heterocycles. The van der Waals surface area contributed by atoms with E-state index in [1.165, 1.54) is 49.4 Å². The van der Waals surface area contributed by atoms with Gasteiger partial charge in [0.25, 0.3) is 11.8 Å². The predicted molar refractivity (Wildman–Crippen MR) is 151 cm³/mol. The number of carbonyl (C=O) groups is 3. The van der Waals surface area contributed by atoms with Gasteiger partial charge in [0.15, 0.2) is 5.70 Å². The van der Waals surface area contributed by atoms with Crippen LogP contribution in [0.4, 0.5) is 17.6 Å². The SMILES string of the molecule is COc1cc(F)c([C@@H]2CN(C3=CC=C[N+](C4CC4)(C4CCOC4)C3=O)C(=O)C2N(C)C(=O)c2ccc(OC(F)F)cc2)c(F)c1. The lowest BCUT2D eigenvalue weighted by Gasteiger charge is -2.40. The van der Waals surface area contributed by atoms with Crippen LogP contribution in [0.3, 0.4) is 0 Å². The minimum absolute atomic E-state index is 0.0119. The smallest absolute Gasteiger partial charge is 0.387 e. The molecule has 1 saturated carbocycles. The highest BCUT2D eigenvalue weighted by Gasteiger charge is 2.59. The summed E-state index contributed by atoms with van der Waals surface area (Å²) in [5.41, 5.74) is -0.317. The van der Waals surface area contributed by atoms with Crippen LogP contribution in [0.1, 0.15) is 41.1 Å². The Hall–Kier alpha value is -4.23. The van der Waals surface area contributed by atoms with E-state index in [0.717, 1.165) is 29.9 Å². The van der Waals surface area contributed by atoms with Crippen LogP contribution in [0.2, 0.25) is 0 Å². The van der Waals surface area contributed by atoms with Crippen molar-refractivity contribution in [2.75, 3.05) is 33.9 Å². The number of likely N-dealkylation sites (tertiary alicyclic amines) is 1. The molecule has 2 aromatic rings. The maximum absolute atomic E-state index is 15.5. The van der Waals surface area contributed by atoms with Crippen LogP contribution in [-0.4, -0.2) is 90.7 Å². The summed E-state index contributed by atoms with van der Waals surface area (Å²) in [7, 11) is 2.58. The number of nitrogens with zero attached hydrogens (tertiary/aromatic N) is 3. The molecule has 3 amide bonds. The van der Waals surface area contributed by atoms with Crippen molar-refractivity contribution in [1.29, 1.82) is 0 Å². The van der Waals surface area contributed by atoms with Gasteiger partial charge in [-0.3, -0.25) is 9.59 Å². The summed E-state index contributed by atoms with van der Waals surface area (Å²) in [6.45, 7) is -2.43. The molecule has 2 saturated heterocycles. The van der Waals surface area contributed by atoms with E-state index < -0.39 is 47.6 Å². The zero-order valence-corrected chi connectivity index (χ0v) is 24.6. The number of halogens is 4. The van der Waals surface area contributed by atoms with E-state index in [4.69, 9.17) is 9.47 Å². The van der Waals surface area contributed by atoms with Crippen LogP contribution in [0, 0.1) is 11.6 Å². The standard InChI is InChI=1S/C32H32F4N3O6/c1-37(29(40)18-5-9-21(10-6-18)45-32(35)36)28-23(27-24(33)14-22(43-2)15-25(27)34)16-38(30(28)41)26-4-3-12-39(31(26)42,19-7-8-19)20-11-13-44-17-20/h3-6,9-10,12,14-15,19-20,23,28,32H,7-8,11,13,16-17H2,1-2H3/q+1/t20?,23-,28?,39?/m0/s1. The Bertz CT molecular complexity index is 1550. The number of amides is 3. The topological polar surface area (TPSA) is 85.4 Å². The minimum atomic E-state index is -3.06. The van der Waals surface area contributed by atoms with E-state index in [-0.39, 0.29) is 51.8 Å². The van der Waals surface area contributed by atoms with E-state index in [1.54, 1.807) is 6.08 Å². The highest BCUT2D eigenvalue weighted by Crippen LogP contribution is 2.45. The van der Waals surface area contributed by atoms with Gasteiger partial charge in [-0.25, -0.2) is 18.1 Å². The summed E-state index contributed by atoms with van der Waals surface area (Å²) < 4.78 is 71.3. The van der Waals surface area contributed by atoms with Gasteiger partial charge in [-0.2, -0.15) is 8.78 Å². The van der Waals surface area contributed by atoms with Crippen molar-refractivity contribution in [2.45, 2.75) is 49.9 Å². The second kappa shape index (κ2) is 11.9. The number of rotatable bonds is 9. The molecule has 45 heavy (non-hydrogen) atoms. The zero-order valence-electron chi connectivity index (χ0n) is 24.6. The van der Waals surface area contributed by atoms with Gasteiger partial charge in [-0.05, 0) is 36.4 Å². The Morgan fingerprint density at radius 3 is 2.31 bits per heavy atom. The Kier molecular flexibility index (Phi) is 8.16. The lowest BCUT2D eigenvalue weighted by atomic mass is 9.91. The summed E-state index contributed by atoms with van der Waals surface area (Å²) in [4.78, 5) is 44.5. The zero-order chi connectivity index (χ0) is 32.0. The van der Waals surface area contributed by atoms with Crippen LogP contribution in [0.5, 0.6) is 11.5 Å². The number of carbonyl (C=O) groups excluding carboxylic acids is 3. The maximum Gasteiger partial charge on any atom is 0.387 e. The Morgan fingerprint density at radius 1 is 1.04 bits per heavy atom. The molecule has 0 radical (unpaired) electrons. The summed E-state index contributed by atoms with van der Waals surface area (Å²) in [6.07, 6.45) is 7.44. The van der Waals surface area contributed by atoms with Crippen LogP contribution >= 0.6 is 0 Å². The van der Waals surface area contributed by atoms with Crippen molar-refractivity contribution >= 4 is 17.7 Å². The van der Waals surface area contributed by atoms with Crippen LogP contribution in [0.25, 0.3) is 0 Å². The van der Waals surface area contributed by atoms with Gasteiger partial charge in [-0.15, -0.1) is 0 Å². The summed E-state index contributed by atoms with van der Waals surface area (Å²) in [6, 6.07) is 5.33. The molecule has 1 aliphatic carbocycles. The highest BCUT2D eigenvalue weighted by atomic mass is 19.3. The molecule has 2 aromatic carbocycles. The summed E-state index contributed by atoms with van der Waals surface area (Å²) in [5, 5.41) is 0. The number of methoxy groups -OCH3 is 1. The first-order valence-corrected chi connectivity index (χ1v) is 14.6. The van der Waals surface area contributed by atoms with Crippen LogP contribution in [-0.2, 0) is 14.3 Å². The van der Waals surface area contributed by atoms with Crippen LogP contribution < -0.4 is 9.47 Å². The lowest BCUT2D eigenvalue weighted by Crippen LogP contribution is -2.60. The van der Waals surface area contributed by atoms with Crippen molar-refractivity contribution in [2.24, 2.45) is 0 Å². The fraction of sp³-hybridized carbons (Fsp3) is 0.406. The predicted octanol–water partition coefficient (Wildman–Crippen LogP) is 4.35. The van der Waals surface area contributed by atoms with Gasteiger partial charge in [0.1, 0.15) is 47.5 Å². The monoisotopic (exact) mass is 630 g/mol. The molecule has 4 aliphatic rings. The van der Waals surface area contributed by atoms with Crippen molar-refractivity contribution in [3.63, 3.8) is 0 Å². The van der Waals surface area contributed by atoms with E-state index in [1.807, 2.05) is 6.20 Å². The van der Waals surface area contributed by atoms with Gasteiger partial charge in [0, 0.05) is 62.0 Å². The first kappa shape index (κ1) is 30.8. The fourth-order valence-corrected chi connectivity index (χ4v) is 6.82. The second-order valence-corrected chi connectivity index (χ2v) is 11.6. The quantitative estimate of drug-likeness (QED) is 0.303. The molecule has 3 fully saturated rings. The lowest BCUT2D eigenvalue weighted by molar-refractivity contribution is -0.838. The van der Waals surface area contributed by atoms with Crippen LogP contribution in [0.15, 0.2) is 60.4 Å². The summed E-state index contributed by atoms with van der Waals surface area (Å²) in [5.74, 6) is -5.08. The van der Waals surface area contributed by atoms with E-state index in [9.17, 15) is 23.2 Å². The molecule has 4 atom stereocenters. The van der Waals surface area contributed by atoms with Crippen molar-refractivity contribution < 1.29 is 50.6 Å². The van der Waals surface area contributed by atoms with Gasteiger partial charge in [0.2, 0.25) is 0 Å². The third-order valence-electron chi connectivity index (χ3n) is 9.11. The average molecular weight is 631 g/mol. The third-order valence-corrected chi connectivity index (χ3v) is 9.11. The number of benzene rings is 2. The fourth-order valence-electron chi connectivity index (χ4n) is 6.82. The van der Waals surface area contributed by atoms with Gasteiger partial charge in [-0.1, -0.05) is 0 Å². The molecular formula is C32H32F4N3O6+. The number of quaternary nitrogens is 1. The minimum Gasteiger partial charge on any atom is -0.497 e. The van der Waals surface area contributed by atoms with Crippen molar-refractivity contribution in [1.82, 2.24) is 9.80 Å². The number of ether oxygens (including phenoxy) is 3. The number of likely N-dealkylation sites (N-methyl/N-ethyl adjacent to an activating group) is 1. The largest absolute Gasteiger partial charge is 0.497 e. The van der Waals surface area contributed by atoms with Gasteiger partial charge >= 0.3 is 12.5 Å². The number of hydrogen-bond acceptors (Lipinski definition) is 6. The van der Waals surface area contributed by atoms with E-state index >= 15 is 8.78 Å². The number of alkyl halides is 2. The third kappa shape index (κ3) is 5.37. The average Bonchev–Trinajstić information content (AvgIpc) is 3.61. The molecule has 6 rings (SSSR count). The van der Waals surface area contributed by atoms with Crippen molar-refractivity contribution in [3.05, 3.63) is 83.2 Å². The molecule has 238 valence electrons. The Labute approximate surface area is 256 Å². The molecule has 9 nitrogen and oxygen atoms in total. The van der Waals surface area contributed by atoms with E-state index in [0.29, 0.717) is 19.6 Å². The number of allylic oxidation sites excluding steroid dienone is 2. The van der Waals surface area contributed by atoms with Crippen molar-refractivity contribution in [3.8, 4) is 11.5 Å². The molecule has 0 spiro atoms. The summed E-state index contributed by atoms with van der Waals surface area (Å²) >= 11 is 0. The molecular weight excluding hydrogens is 598 g/mol. The molecule has 0 N–H and O–H groups in total. The first-order valence-electron chi connectivity index (χ1n) is 14.6. The Balaban J connectivity index is 1.37. The molecule has 3 unspecified atom stereocenters. The molecule has 0 aromatic heterocycles. The van der Waals surface area contributed by atoms with E-state index in [2.05, 4.69) is 4.74 Å². The molecule has 3 aliphatic heterocycles. The number of hydrogen-bond donors (Lipinski definition) is 0. The maximum atomic E-state index is 15.5. The Morgan fingerprint density at radius 2 is 1.73 bits per heavy atom. The van der Waals surface area contributed by atoms with Gasteiger partial charge in [0.05, 0.1) is 20.3 Å². The first-order chi connectivity index (χ1) is 21.6. The molecule has 13 heteroatoms. The normalized spacial score (nSPS) is 26.4. The van der Waals surface area contributed by atoms with Gasteiger partial charge < -0.3 is 24.0 Å². The second-order valence-electron chi connectivity index (χ2n) is 11.6. The molecule has 0 bridgehead atoms. The highest BCUT2D eigenvalue weighted by molar-refractivity contribution is 6.02.